The molecular formula is C17H25Cl2N. The summed E-state index contributed by atoms with van der Waals surface area (Å²) in [4.78, 5) is 0. The van der Waals surface area contributed by atoms with E-state index in [0.717, 1.165) is 23.0 Å². The largest absolute Gasteiger partial charge is 0.314 e. The van der Waals surface area contributed by atoms with Gasteiger partial charge < -0.3 is 5.32 Å². The molecule has 0 aliphatic heterocycles. The van der Waals surface area contributed by atoms with Gasteiger partial charge in [0.15, 0.2) is 0 Å². The molecule has 1 aromatic rings. The molecule has 20 heavy (non-hydrogen) atoms. The summed E-state index contributed by atoms with van der Waals surface area (Å²) in [5.74, 6) is 0. The van der Waals surface area contributed by atoms with Crippen molar-refractivity contribution in [3.63, 3.8) is 0 Å². The molecule has 112 valence electrons. The van der Waals surface area contributed by atoms with Crippen molar-refractivity contribution in [3.8, 4) is 0 Å². The van der Waals surface area contributed by atoms with Crippen LogP contribution in [0.1, 0.15) is 51.5 Å². The summed E-state index contributed by atoms with van der Waals surface area (Å²) in [7, 11) is 0. The zero-order valence-electron chi connectivity index (χ0n) is 12.5. The Kier molecular flexibility index (Phi) is 5.77. The Labute approximate surface area is 133 Å². The second kappa shape index (κ2) is 7.15. The first-order valence-electron chi connectivity index (χ1n) is 7.68. The van der Waals surface area contributed by atoms with Gasteiger partial charge in [0, 0.05) is 22.6 Å². The summed E-state index contributed by atoms with van der Waals surface area (Å²) in [5, 5.41) is 5.17. The molecule has 1 saturated carbocycles. The molecule has 1 nitrogen and oxygen atoms in total. The number of hydrogen-bond donors (Lipinski definition) is 1. The molecule has 3 heteroatoms. The van der Waals surface area contributed by atoms with Gasteiger partial charge in [-0.15, -0.1) is 0 Å². The quantitative estimate of drug-likeness (QED) is 0.758. The van der Waals surface area contributed by atoms with Crippen LogP contribution >= 0.6 is 23.2 Å². The second-order valence-electron chi connectivity index (χ2n) is 6.51. The van der Waals surface area contributed by atoms with Crippen molar-refractivity contribution in [2.75, 3.05) is 6.54 Å². The number of benzene rings is 1. The lowest BCUT2D eigenvalue weighted by molar-refractivity contribution is 0.176. The van der Waals surface area contributed by atoms with E-state index in [0.29, 0.717) is 11.5 Å². The second-order valence-corrected chi connectivity index (χ2v) is 7.35. The van der Waals surface area contributed by atoms with Crippen molar-refractivity contribution in [1.82, 2.24) is 5.32 Å². The fourth-order valence-electron chi connectivity index (χ4n) is 3.21. The summed E-state index contributed by atoms with van der Waals surface area (Å²) >= 11 is 12.4. The van der Waals surface area contributed by atoms with Gasteiger partial charge in [-0.2, -0.15) is 0 Å². The lowest BCUT2D eigenvalue weighted by Crippen LogP contribution is -2.40. The molecule has 0 atom stereocenters. The van der Waals surface area contributed by atoms with Crippen LogP contribution in [0.5, 0.6) is 0 Å². The predicted octanol–water partition coefficient (Wildman–Crippen LogP) is 5.48. The first-order valence-corrected chi connectivity index (χ1v) is 8.44. The lowest BCUT2D eigenvalue weighted by Gasteiger charge is -2.38. The average Bonchev–Trinajstić information content (AvgIpc) is 2.41. The molecule has 1 aromatic carbocycles. The average molecular weight is 314 g/mol. The zero-order chi connectivity index (χ0) is 14.6. The maximum absolute atomic E-state index is 6.37. The van der Waals surface area contributed by atoms with E-state index in [9.17, 15) is 0 Å². The Morgan fingerprint density at radius 2 is 1.85 bits per heavy atom. The third-order valence-corrected chi connectivity index (χ3v) is 4.97. The summed E-state index contributed by atoms with van der Waals surface area (Å²) in [6, 6.07) is 6.45. The van der Waals surface area contributed by atoms with E-state index >= 15 is 0 Å². The van der Waals surface area contributed by atoms with Crippen molar-refractivity contribution < 1.29 is 0 Å². The highest BCUT2D eigenvalue weighted by Crippen LogP contribution is 2.40. The first-order chi connectivity index (χ1) is 9.51. The number of nitrogens with one attached hydrogen (secondary N) is 1. The molecule has 0 aromatic heterocycles. The van der Waals surface area contributed by atoms with E-state index in [1.807, 2.05) is 12.1 Å². The van der Waals surface area contributed by atoms with Crippen LogP contribution in [0.15, 0.2) is 18.2 Å². The van der Waals surface area contributed by atoms with Crippen LogP contribution in [0.2, 0.25) is 10.0 Å². The van der Waals surface area contributed by atoms with Gasteiger partial charge in [-0.3, -0.25) is 0 Å². The molecule has 1 fully saturated rings. The van der Waals surface area contributed by atoms with E-state index in [1.54, 1.807) is 0 Å². The lowest BCUT2D eigenvalue weighted by atomic mass is 9.70. The third-order valence-electron chi connectivity index (χ3n) is 4.38. The van der Waals surface area contributed by atoms with Crippen LogP contribution < -0.4 is 5.32 Å². The van der Waals surface area contributed by atoms with Crippen molar-refractivity contribution >= 4 is 23.2 Å². The number of rotatable bonds is 5. The molecule has 0 unspecified atom stereocenters. The van der Waals surface area contributed by atoms with E-state index < -0.39 is 0 Å². The van der Waals surface area contributed by atoms with E-state index in [4.69, 9.17) is 23.2 Å². The minimum Gasteiger partial charge on any atom is -0.314 e. The highest BCUT2D eigenvalue weighted by molar-refractivity contribution is 6.35. The molecule has 1 N–H and O–H groups in total. The Morgan fingerprint density at radius 1 is 1.15 bits per heavy atom. The maximum atomic E-state index is 6.37. The monoisotopic (exact) mass is 313 g/mol. The van der Waals surface area contributed by atoms with E-state index in [1.165, 1.54) is 37.7 Å². The minimum absolute atomic E-state index is 0.361. The van der Waals surface area contributed by atoms with Gasteiger partial charge in [0.1, 0.15) is 0 Å². The SMILES string of the molecule is CC(C)NCC1(Cc2ccc(Cl)cc2Cl)CCCCC1. The van der Waals surface area contributed by atoms with Gasteiger partial charge in [0.05, 0.1) is 0 Å². The van der Waals surface area contributed by atoms with Crippen molar-refractivity contribution in [3.05, 3.63) is 33.8 Å². The highest BCUT2D eigenvalue weighted by Gasteiger charge is 2.32. The minimum atomic E-state index is 0.361. The highest BCUT2D eigenvalue weighted by atomic mass is 35.5. The first kappa shape index (κ1) is 16.1. The molecular weight excluding hydrogens is 289 g/mol. The molecule has 1 aliphatic rings. The van der Waals surface area contributed by atoms with Gasteiger partial charge in [-0.1, -0.05) is 62.4 Å². The van der Waals surface area contributed by atoms with Gasteiger partial charge >= 0.3 is 0 Å². The number of halogens is 2. The third kappa shape index (κ3) is 4.38. The smallest absolute Gasteiger partial charge is 0.0453 e. The summed E-state index contributed by atoms with van der Waals surface area (Å²) in [6.07, 6.45) is 7.70. The molecule has 0 heterocycles. The molecule has 1 aliphatic carbocycles. The fourth-order valence-corrected chi connectivity index (χ4v) is 3.68. The summed E-state index contributed by atoms with van der Waals surface area (Å²) in [6.45, 7) is 5.52. The van der Waals surface area contributed by atoms with Crippen LogP contribution in [0, 0.1) is 5.41 Å². The Balaban J connectivity index is 2.14. The van der Waals surface area contributed by atoms with Crippen LogP contribution in [0.25, 0.3) is 0 Å². The van der Waals surface area contributed by atoms with Crippen molar-refractivity contribution in [2.45, 2.75) is 58.4 Å². The van der Waals surface area contributed by atoms with Gasteiger partial charge in [-0.05, 0) is 42.4 Å². The van der Waals surface area contributed by atoms with Crippen LogP contribution in [-0.4, -0.2) is 12.6 Å². The fraction of sp³-hybridized carbons (Fsp3) is 0.647. The molecule has 0 spiro atoms. The van der Waals surface area contributed by atoms with Gasteiger partial charge in [0.25, 0.3) is 0 Å². The van der Waals surface area contributed by atoms with E-state index in [2.05, 4.69) is 25.2 Å². The van der Waals surface area contributed by atoms with Gasteiger partial charge in [-0.25, -0.2) is 0 Å². The molecule has 0 amide bonds. The normalized spacial score (nSPS) is 18.4. The Morgan fingerprint density at radius 3 is 2.45 bits per heavy atom. The number of hydrogen-bond acceptors (Lipinski definition) is 1. The summed E-state index contributed by atoms with van der Waals surface area (Å²) in [5.41, 5.74) is 1.60. The molecule has 0 saturated heterocycles. The van der Waals surface area contributed by atoms with Crippen LogP contribution in [0.3, 0.4) is 0 Å². The Hall–Kier alpha value is -0.240. The molecule has 0 radical (unpaired) electrons. The molecule has 0 bridgehead atoms. The van der Waals surface area contributed by atoms with Crippen molar-refractivity contribution in [1.29, 1.82) is 0 Å². The Bertz CT molecular complexity index is 437. The van der Waals surface area contributed by atoms with E-state index in [-0.39, 0.29) is 0 Å². The molecule has 2 rings (SSSR count). The van der Waals surface area contributed by atoms with Crippen LogP contribution in [0.4, 0.5) is 0 Å². The summed E-state index contributed by atoms with van der Waals surface area (Å²) < 4.78 is 0. The standard InChI is InChI=1S/C17H25Cl2N/c1-13(2)20-12-17(8-4-3-5-9-17)11-14-6-7-15(18)10-16(14)19/h6-7,10,13,20H,3-5,8-9,11-12H2,1-2H3. The van der Waals surface area contributed by atoms with Crippen molar-refractivity contribution in [2.24, 2.45) is 5.41 Å². The zero-order valence-corrected chi connectivity index (χ0v) is 14.0. The van der Waals surface area contributed by atoms with Gasteiger partial charge in [0.2, 0.25) is 0 Å². The predicted molar refractivity (Wildman–Crippen MR) is 88.8 cm³/mol. The topological polar surface area (TPSA) is 12.0 Å². The van der Waals surface area contributed by atoms with Crippen LogP contribution in [-0.2, 0) is 6.42 Å². The maximum Gasteiger partial charge on any atom is 0.0453 e.